The Kier molecular flexibility index (Phi) is 6.34. The van der Waals surface area contributed by atoms with Crippen molar-refractivity contribution in [2.75, 3.05) is 20.8 Å². The Balaban J connectivity index is 1.81. The lowest BCUT2D eigenvalue weighted by Crippen LogP contribution is -2.30. The van der Waals surface area contributed by atoms with Gasteiger partial charge in [0, 0.05) is 12.6 Å². The van der Waals surface area contributed by atoms with Crippen LogP contribution in [0.5, 0.6) is 5.75 Å². The molecule has 1 aromatic rings. The average Bonchev–Trinajstić information content (AvgIpc) is 2.52. The summed E-state index contributed by atoms with van der Waals surface area (Å²) in [5, 5.41) is 3.43. The third kappa shape index (κ3) is 4.80. The lowest BCUT2D eigenvalue weighted by molar-refractivity contribution is 0.00870. The van der Waals surface area contributed by atoms with Crippen LogP contribution >= 0.6 is 0 Å². The lowest BCUT2D eigenvalue weighted by atomic mass is 9.97. The van der Waals surface area contributed by atoms with Gasteiger partial charge in [-0.3, -0.25) is 0 Å². The van der Waals surface area contributed by atoms with E-state index in [1.54, 1.807) is 7.11 Å². The zero-order valence-corrected chi connectivity index (χ0v) is 12.7. The first kappa shape index (κ1) is 15.3. The van der Waals surface area contributed by atoms with E-state index < -0.39 is 0 Å². The predicted octanol–water partition coefficient (Wildman–Crippen LogP) is 3.18. The van der Waals surface area contributed by atoms with Gasteiger partial charge in [0.15, 0.2) is 0 Å². The maximum atomic E-state index is 5.81. The molecule has 0 spiro atoms. The molecule has 1 N–H and O–H groups in total. The van der Waals surface area contributed by atoms with E-state index in [1.807, 2.05) is 13.1 Å². The largest absolute Gasteiger partial charge is 0.497 e. The molecule has 2 unspecified atom stereocenters. The van der Waals surface area contributed by atoms with Gasteiger partial charge in [0.1, 0.15) is 5.75 Å². The number of benzene rings is 1. The number of likely N-dealkylation sites (N-methyl/N-ethyl adjacent to an activating group) is 1. The highest BCUT2D eigenvalue weighted by molar-refractivity contribution is 5.28. The maximum absolute atomic E-state index is 5.81. The molecule has 0 aromatic heterocycles. The molecule has 0 amide bonds. The van der Waals surface area contributed by atoms with Gasteiger partial charge < -0.3 is 14.8 Å². The Morgan fingerprint density at radius 2 is 2.30 bits per heavy atom. The maximum Gasteiger partial charge on any atom is 0.119 e. The van der Waals surface area contributed by atoms with Crippen LogP contribution in [-0.2, 0) is 11.2 Å². The van der Waals surface area contributed by atoms with Crippen molar-refractivity contribution in [3.8, 4) is 5.75 Å². The third-order valence-corrected chi connectivity index (χ3v) is 4.14. The Morgan fingerprint density at radius 1 is 1.40 bits per heavy atom. The summed E-state index contributed by atoms with van der Waals surface area (Å²) >= 11 is 0. The second kappa shape index (κ2) is 8.28. The van der Waals surface area contributed by atoms with Gasteiger partial charge in [-0.1, -0.05) is 12.1 Å². The van der Waals surface area contributed by atoms with E-state index in [1.165, 1.54) is 31.2 Å². The molecule has 0 saturated carbocycles. The first-order valence-corrected chi connectivity index (χ1v) is 7.73. The van der Waals surface area contributed by atoms with Gasteiger partial charge in [-0.25, -0.2) is 0 Å². The highest BCUT2D eigenvalue weighted by Gasteiger charge is 2.16. The molecule has 1 fully saturated rings. The SMILES string of the molecule is CNC(CCC1CCCCO1)Cc1cccc(OC)c1. The van der Waals surface area contributed by atoms with Crippen molar-refractivity contribution in [1.82, 2.24) is 5.32 Å². The number of ether oxygens (including phenoxy) is 2. The van der Waals surface area contributed by atoms with Crippen LogP contribution in [0.15, 0.2) is 24.3 Å². The number of hydrogen-bond donors (Lipinski definition) is 1. The van der Waals surface area contributed by atoms with Crippen LogP contribution in [0.4, 0.5) is 0 Å². The standard InChI is InChI=1S/C17H27NO2/c1-18-15(9-10-16-7-3-4-11-20-16)12-14-6-5-8-17(13-14)19-2/h5-6,8,13,15-16,18H,3-4,7,9-12H2,1-2H3. The Bertz CT molecular complexity index is 388. The average molecular weight is 277 g/mol. The van der Waals surface area contributed by atoms with Gasteiger partial charge >= 0.3 is 0 Å². The van der Waals surface area contributed by atoms with Crippen LogP contribution in [0.2, 0.25) is 0 Å². The smallest absolute Gasteiger partial charge is 0.119 e. The molecule has 0 bridgehead atoms. The molecule has 0 aliphatic carbocycles. The minimum atomic E-state index is 0.477. The van der Waals surface area contributed by atoms with Gasteiger partial charge in [-0.2, -0.15) is 0 Å². The molecule has 3 heteroatoms. The third-order valence-electron chi connectivity index (χ3n) is 4.14. The van der Waals surface area contributed by atoms with E-state index in [0.29, 0.717) is 12.1 Å². The van der Waals surface area contributed by atoms with Crippen molar-refractivity contribution in [3.63, 3.8) is 0 Å². The molecule has 1 saturated heterocycles. The summed E-state index contributed by atoms with van der Waals surface area (Å²) in [4.78, 5) is 0. The summed E-state index contributed by atoms with van der Waals surface area (Å²) < 4.78 is 11.1. The summed E-state index contributed by atoms with van der Waals surface area (Å²) in [6.07, 6.45) is 7.63. The van der Waals surface area contributed by atoms with Crippen molar-refractivity contribution in [2.24, 2.45) is 0 Å². The number of hydrogen-bond acceptors (Lipinski definition) is 3. The van der Waals surface area contributed by atoms with Crippen molar-refractivity contribution < 1.29 is 9.47 Å². The predicted molar refractivity (Wildman–Crippen MR) is 82.4 cm³/mol. The molecular formula is C17H27NO2. The van der Waals surface area contributed by atoms with Gasteiger partial charge in [0.25, 0.3) is 0 Å². The fourth-order valence-corrected chi connectivity index (χ4v) is 2.85. The Hall–Kier alpha value is -1.06. The minimum absolute atomic E-state index is 0.477. The van der Waals surface area contributed by atoms with Crippen LogP contribution in [0, 0.1) is 0 Å². The quantitative estimate of drug-likeness (QED) is 0.830. The molecule has 0 radical (unpaired) electrons. The van der Waals surface area contributed by atoms with E-state index in [9.17, 15) is 0 Å². The molecule has 2 atom stereocenters. The summed E-state index contributed by atoms with van der Waals surface area (Å²) in [5.74, 6) is 0.938. The van der Waals surface area contributed by atoms with Crippen LogP contribution in [0.25, 0.3) is 0 Å². The molecule has 1 heterocycles. The normalized spacial score (nSPS) is 20.6. The molecule has 2 rings (SSSR count). The number of methoxy groups -OCH3 is 1. The molecule has 112 valence electrons. The highest BCUT2D eigenvalue weighted by Crippen LogP contribution is 2.20. The summed E-state index contributed by atoms with van der Waals surface area (Å²) in [6.45, 7) is 0.949. The van der Waals surface area contributed by atoms with Gasteiger partial charge in [-0.15, -0.1) is 0 Å². The zero-order chi connectivity index (χ0) is 14.2. The van der Waals surface area contributed by atoms with Crippen LogP contribution in [0.3, 0.4) is 0 Å². The molecule has 1 aliphatic heterocycles. The van der Waals surface area contributed by atoms with Crippen LogP contribution in [-0.4, -0.2) is 32.9 Å². The number of nitrogens with one attached hydrogen (secondary N) is 1. The van der Waals surface area contributed by atoms with E-state index >= 15 is 0 Å². The van der Waals surface area contributed by atoms with E-state index in [4.69, 9.17) is 9.47 Å². The Morgan fingerprint density at radius 3 is 3.00 bits per heavy atom. The number of rotatable bonds is 7. The molecule has 1 aromatic carbocycles. The first-order valence-electron chi connectivity index (χ1n) is 7.73. The van der Waals surface area contributed by atoms with Crippen molar-refractivity contribution >= 4 is 0 Å². The molecule has 20 heavy (non-hydrogen) atoms. The summed E-state index contributed by atoms with van der Waals surface area (Å²) in [6, 6.07) is 8.86. The molecule has 3 nitrogen and oxygen atoms in total. The second-order valence-electron chi connectivity index (χ2n) is 5.61. The zero-order valence-electron chi connectivity index (χ0n) is 12.7. The summed E-state index contributed by atoms with van der Waals surface area (Å²) in [7, 11) is 3.77. The topological polar surface area (TPSA) is 30.5 Å². The molecule has 1 aliphatic rings. The lowest BCUT2D eigenvalue weighted by Gasteiger charge is -2.25. The van der Waals surface area contributed by atoms with Gasteiger partial charge in [0.2, 0.25) is 0 Å². The second-order valence-corrected chi connectivity index (χ2v) is 5.61. The highest BCUT2D eigenvalue weighted by atomic mass is 16.5. The summed E-state index contributed by atoms with van der Waals surface area (Å²) in [5.41, 5.74) is 1.33. The van der Waals surface area contributed by atoms with Gasteiger partial charge in [0.05, 0.1) is 13.2 Å². The van der Waals surface area contributed by atoms with Crippen LogP contribution in [0.1, 0.15) is 37.7 Å². The van der Waals surface area contributed by atoms with Crippen LogP contribution < -0.4 is 10.1 Å². The Labute approximate surface area is 122 Å². The van der Waals surface area contributed by atoms with Gasteiger partial charge in [-0.05, 0) is 63.3 Å². The molecular weight excluding hydrogens is 250 g/mol. The minimum Gasteiger partial charge on any atom is -0.497 e. The monoisotopic (exact) mass is 277 g/mol. The van der Waals surface area contributed by atoms with Crippen molar-refractivity contribution in [1.29, 1.82) is 0 Å². The van der Waals surface area contributed by atoms with Crippen molar-refractivity contribution in [2.45, 2.75) is 50.7 Å². The fourth-order valence-electron chi connectivity index (χ4n) is 2.85. The van der Waals surface area contributed by atoms with E-state index in [0.717, 1.165) is 25.2 Å². The first-order chi connectivity index (χ1) is 9.81. The van der Waals surface area contributed by atoms with Crippen molar-refractivity contribution in [3.05, 3.63) is 29.8 Å². The fraction of sp³-hybridized carbons (Fsp3) is 0.647. The van der Waals surface area contributed by atoms with E-state index in [2.05, 4.69) is 23.5 Å². The van der Waals surface area contributed by atoms with E-state index in [-0.39, 0.29) is 0 Å².